The smallest absolute Gasteiger partial charge is 0.256 e. The van der Waals surface area contributed by atoms with Gasteiger partial charge in [-0.25, -0.2) is 0 Å². The molecule has 0 amide bonds. The number of rotatable bonds is 2. The molecule has 0 bridgehead atoms. The normalized spacial score (nSPS) is 12.4. The van der Waals surface area contributed by atoms with E-state index in [1.165, 1.54) is 17.7 Å². The van der Waals surface area contributed by atoms with Crippen molar-refractivity contribution in [3.05, 3.63) is 102 Å². The van der Waals surface area contributed by atoms with E-state index in [0.29, 0.717) is 16.6 Å². The maximum Gasteiger partial charge on any atom is 0.417 e. The molecule has 0 atom stereocenters. The van der Waals surface area contributed by atoms with E-state index in [1.54, 1.807) is 30.5 Å². The van der Waals surface area contributed by atoms with Gasteiger partial charge in [-0.2, -0.15) is 13.2 Å². The fourth-order valence-electron chi connectivity index (χ4n) is 4.33. The lowest BCUT2D eigenvalue weighted by Gasteiger charge is -2.19. The number of hydrogen-bond acceptors (Lipinski definition) is 1. The van der Waals surface area contributed by atoms with E-state index in [9.17, 15) is 13.2 Å². The summed E-state index contributed by atoms with van der Waals surface area (Å²) < 4.78 is 41.4. The van der Waals surface area contributed by atoms with Crippen LogP contribution in [0.25, 0.3) is 43.9 Å². The zero-order valence-electron chi connectivity index (χ0n) is 19.2. The second kappa shape index (κ2) is 7.98. The van der Waals surface area contributed by atoms with Crippen LogP contribution in [0.4, 0.5) is 13.2 Å². The summed E-state index contributed by atoms with van der Waals surface area (Å²) in [5.74, 6) is 0. The summed E-state index contributed by atoms with van der Waals surface area (Å²) in [6, 6.07) is 26.1. The Morgan fingerprint density at radius 3 is 2.00 bits per heavy atom. The molecule has 0 saturated carbocycles. The molecule has 1 nitrogen and oxygen atoms in total. The van der Waals surface area contributed by atoms with Gasteiger partial charge in [0.05, 0.1) is 11.3 Å². The minimum absolute atomic E-state index is 0.0810. The number of nitrogens with zero attached hydrogens (tertiary/aromatic N) is 1. The number of halogens is 3. The molecule has 0 fully saturated rings. The van der Waals surface area contributed by atoms with E-state index in [2.05, 4.69) is 56.1 Å². The van der Waals surface area contributed by atoms with Crippen molar-refractivity contribution in [2.45, 2.75) is 32.4 Å². The van der Waals surface area contributed by atoms with Gasteiger partial charge in [0.2, 0.25) is 0 Å². The molecule has 1 aromatic heterocycles. The summed E-state index contributed by atoms with van der Waals surface area (Å²) in [6.45, 7) is 6.55. The molecule has 0 spiro atoms. The molecular weight excluding hydrogens is 431 g/mol. The summed E-state index contributed by atoms with van der Waals surface area (Å²) in [4.78, 5) is 4.48. The maximum absolute atomic E-state index is 13.8. The van der Waals surface area contributed by atoms with Crippen LogP contribution in [0.2, 0.25) is 0 Å². The number of pyridine rings is 1. The second-order valence-electron chi connectivity index (χ2n) is 9.70. The Labute approximate surface area is 196 Å². The first-order chi connectivity index (χ1) is 16.1. The molecule has 0 aliphatic carbocycles. The third-order valence-corrected chi connectivity index (χ3v) is 6.27. The van der Waals surface area contributed by atoms with Gasteiger partial charge >= 0.3 is 6.18 Å². The fourth-order valence-corrected chi connectivity index (χ4v) is 4.33. The van der Waals surface area contributed by atoms with Gasteiger partial charge in [-0.15, -0.1) is 0 Å². The highest BCUT2D eigenvalue weighted by Crippen LogP contribution is 2.38. The van der Waals surface area contributed by atoms with Crippen molar-refractivity contribution in [3.8, 4) is 22.4 Å². The first-order valence-corrected chi connectivity index (χ1v) is 11.2. The van der Waals surface area contributed by atoms with Gasteiger partial charge in [-0.05, 0) is 62.5 Å². The Kier molecular flexibility index (Phi) is 5.20. The quantitative estimate of drug-likeness (QED) is 0.259. The molecule has 5 rings (SSSR count). The summed E-state index contributed by atoms with van der Waals surface area (Å²) in [7, 11) is 0. The van der Waals surface area contributed by atoms with Crippen LogP contribution >= 0.6 is 0 Å². The molecule has 5 aromatic rings. The third kappa shape index (κ3) is 4.16. The molecule has 1 heterocycles. The minimum atomic E-state index is -4.45. The van der Waals surface area contributed by atoms with Crippen LogP contribution in [0, 0.1) is 0 Å². The van der Waals surface area contributed by atoms with Crippen molar-refractivity contribution in [3.63, 3.8) is 0 Å². The van der Waals surface area contributed by atoms with Gasteiger partial charge in [0.25, 0.3) is 0 Å². The van der Waals surface area contributed by atoms with Crippen LogP contribution in [0.1, 0.15) is 31.9 Å². The average Bonchev–Trinajstić information content (AvgIpc) is 2.81. The average molecular weight is 456 g/mol. The maximum atomic E-state index is 13.8. The predicted molar refractivity (Wildman–Crippen MR) is 134 cm³/mol. The summed E-state index contributed by atoms with van der Waals surface area (Å²) >= 11 is 0. The van der Waals surface area contributed by atoms with Crippen LogP contribution in [0.5, 0.6) is 0 Å². The minimum Gasteiger partial charge on any atom is -0.256 e. The van der Waals surface area contributed by atoms with E-state index in [-0.39, 0.29) is 10.8 Å². The molecule has 0 saturated heterocycles. The van der Waals surface area contributed by atoms with Gasteiger partial charge in [0, 0.05) is 17.1 Å². The van der Waals surface area contributed by atoms with Gasteiger partial charge in [0.15, 0.2) is 0 Å². The van der Waals surface area contributed by atoms with Crippen LogP contribution in [0.15, 0.2) is 91.1 Å². The molecule has 0 aliphatic rings. The molecule has 0 unspecified atom stereocenters. The van der Waals surface area contributed by atoms with Crippen LogP contribution in [-0.2, 0) is 11.6 Å². The summed E-state index contributed by atoms with van der Waals surface area (Å²) in [6.07, 6.45) is -2.72. The highest BCUT2D eigenvalue weighted by atomic mass is 19.4. The molecule has 0 N–H and O–H groups in total. The van der Waals surface area contributed by atoms with Crippen molar-refractivity contribution in [1.29, 1.82) is 0 Å². The van der Waals surface area contributed by atoms with Crippen LogP contribution in [-0.4, -0.2) is 4.98 Å². The van der Waals surface area contributed by atoms with Gasteiger partial charge < -0.3 is 0 Å². The highest BCUT2D eigenvalue weighted by Gasteiger charge is 2.33. The van der Waals surface area contributed by atoms with E-state index in [0.717, 1.165) is 21.9 Å². The van der Waals surface area contributed by atoms with Crippen LogP contribution in [0.3, 0.4) is 0 Å². The van der Waals surface area contributed by atoms with E-state index in [1.807, 2.05) is 18.2 Å². The third-order valence-electron chi connectivity index (χ3n) is 6.27. The summed E-state index contributed by atoms with van der Waals surface area (Å²) in [5.41, 5.74) is 3.82. The van der Waals surface area contributed by atoms with E-state index >= 15 is 0 Å². The monoisotopic (exact) mass is 455 g/mol. The van der Waals surface area contributed by atoms with Crippen molar-refractivity contribution in [2.75, 3.05) is 0 Å². The number of aromatic nitrogens is 1. The lowest BCUT2D eigenvalue weighted by molar-refractivity contribution is -0.136. The highest BCUT2D eigenvalue weighted by molar-refractivity contribution is 5.93. The molecule has 0 radical (unpaired) electrons. The Hall–Kier alpha value is -3.66. The fraction of sp³-hybridized carbons (Fsp3) is 0.167. The molecule has 4 aromatic carbocycles. The number of hydrogen-bond donors (Lipinski definition) is 0. The van der Waals surface area contributed by atoms with Crippen molar-refractivity contribution in [2.24, 2.45) is 0 Å². The molecule has 0 aliphatic heterocycles. The zero-order valence-corrected chi connectivity index (χ0v) is 19.2. The van der Waals surface area contributed by atoms with Crippen molar-refractivity contribution >= 4 is 21.5 Å². The lowest BCUT2D eigenvalue weighted by Crippen LogP contribution is -2.10. The van der Waals surface area contributed by atoms with Gasteiger partial charge in [-0.1, -0.05) is 81.4 Å². The number of fused-ring (bicyclic) bond motifs is 2. The molecule has 34 heavy (non-hydrogen) atoms. The number of benzene rings is 4. The van der Waals surface area contributed by atoms with Crippen molar-refractivity contribution < 1.29 is 13.2 Å². The first-order valence-electron chi connectivity index (χ1n) is 11.2. The Balaban J connectivity index is 1.60. The first kappa shape index (κ1) is 22.1. The zero-order chi connectivity index (χ0) is 24.1. The molecular formula is C30H24F3N. The standard InChI is InChI=1S/C30H24F3N/c1-29(2,3)25-12-10-19(11-13-25)20-8-9-22-18-34-28(17-23(22)14-20)24-15-21-6-4-5-7-26(21)27(16-24)30(31,32)33/h4-18H,1-3H3. The number of alkyl halides is 3. The SMILES string of the molecule is CC(C)(C)c1ccc(-c2ccc3cnc(-c4cc(C(F)(F)F)c5ccccc5c4)cc3c2)cc1. The van der Waals surface area contributed by atoms with Gasteiger partial charge in [-0.3, -0.25) is 4.98 Å². The Bertz CT molecular complexity index is 1510. The van der Waals surface area contributed by atoms with Crippen molar-refractivity contribution in [1.82, 2.24) is 4.98 Å². The summed E-state index contributed by atoms with van der Waals surface area (Å²) in [5, 5.41) is 2.61. The predicted octanol–water partition coefficient (Wildman–Crippen LogP) is 9.04. The second-order valence-corrected chi connectivity index (χ2v) is 9.70. The van der Waals surface area contributed by atoms with Crippen LogP contribution < -0.4 is 0 Å². The topological polar surface area (TPSA) is 12.9 Å². The Morgan fingerprint density at radius 1 is 0.618 bits per heavy atom. The molecule has 4 heteroatoms. The van der Waals surface area contributed by atoms with E-state index in [4.69, 9.17) is 0 Å². The van der Waals surface area contributed by atoms with Gasteiger partial charge in [0.1, 0.15) is 0 Å². The Morgan fingerprint density at radius 2 is 1.29 bits per heavy atom. The van der Waals surface area contributed by atoms with E-state index < -0.39 is 11.7 Å². The molecule has 170 valence electrons. The lowest BCUT2D eigenvalue weighted by atomic mass is 9.86. The largest absolute Gasteiger partial charge is 0.417 e.